The smallest absolute Gasteiger partial charge is 0.271 e. The van der Waals surface area contributed by atoms with Gasteiger partial charge in [0, 0.05) is 22.7 Å². The van der Waals surface area contributed by atoms with Crippen LogP contribution in [0.2, 0.25) is 0 Å². The lowest BCUT2D eigenvalue weighted by molar-refractivity contribution is -0.384. The molecule has 0 saturated heterocycles. The number of nitrogens with zero attached hydrogens (tertiary/aromatic N) is 2. The summed E-state index contributed by atoms with van der Waals surface area (Å²) in [6.45, 7) is 1.68. The predicted octanol–water partition coefficient (Wildman–Crippen LogP) is 4.24. The molecule has 1 heterocycles. The van der Waals surface area contributed by atoms with E-state index in [1.54, 1.807) is 19.1 Å². The van der Waals surface area contributed by atoms with Gasteiger partial charge in [-0.05, 0) is 44.2 Å². The van der Waals surface area contributed by atoms with Crippen LogP contribution in [0.3, 0.4) is 0 Å². The molecule has 140 valence electrons. The molecule has 8 heteroatoms. The first-order chi connectivity index (χ1) is 13.0. The monoisotopic (exact) mass is 384 g/mol. The van der Waals surface area contributed by atoms with E-state index in [1.807, 2.05) is 0 Å². The highest BCUT2D eigenvalue weighted by molar-refractivity contribution is 7.16. The number of anilines is 2. The van der Waals surface area contributed by atoms with E-state index in [9.17, 15) is 20.2 Å². The number of amides is 1. The molecule has 1 aromatic heterocycles. The average Bonchev–Trinajstić information content (AvgIpc) is 2.81. The van der Waals surface area contributed by atoms with Crippen molar-refractivity contribution in [2.24, 2.45) is 0 Å². The summed E-state index contributed by atoms with van der Waals surface area (Å²) >= 11 is 1.49. The van der Waals surface area contributed by atoms with Gasteiger partial charge >= 0.3 is 0 Å². The normalized spacial score (nSPS) is 14.4. The molecule has 0 bridgehead atoms. The van der Waals surface area contributed by atoms with Crippen molar-refractivity contribution >= 4 is 33.6 Å². The summed E-state index contributed by atoms with van der Waals surface area (Å²) in [4.78, 5) is 24.2. The molecule has 0 radical (unpaired) electrons. The van der Waals surface area contributed by atoms with E-state index >= 15 is 0 Å². The van der Waals surface area contributed by atoms with Gasteiger partial charge in [0.15, 0.2) is 0 Å². The topological polar surface area (TPSA) is 108 Å². The van der Waals surface area contributed by atoms with Gasteiger partial charge < -0.3 is 10.6 Å². The van der Waals surface area contributed by atoms with Crippen LogP contribution < -0.4 is 10.6 Å². The Morgan fingerprint density at radius 2 is 2.11 bits per heavy atom. The number of nitro benzene ring substituents is 1. The van der Waals surface area contributed by atoms with Crippen LogP contribution >= 0.6 is 11.3 Å². The molecule has 2 aromatic rings. The van der Waals surface area contributed by atoms with Crippen molar-refractivity contribution in [3.8, 4) is 6.07 Å². The highest BCUT2D eigenvalue weighted by atomic mass is 32.1. The first-order valence-electron chi connectivity index (χ1n) is 8.86. The van der Waals surface area contributed by atoms with Crippen LogP contribution in [0.15, 0.2) is 24.3 Å². The number of hydrogen-bond donors (Lipinski definition) is 2. The van der Waals surface area contributed by atoms with Gasteiger partial charge in [-0.1, -0.05) is 12.5 Å². The first kappa shape index (κ1) is 18.9. The van der Waals surface area contributed by atoms with E-state index in [4.69, 9.17) is 0 Å². The third kappa shape index (κ3) is 4.26. The molecule has 1 aliphatic rings. The molecule has 1 aromatic carbocycles. The van der Waals surface area contributed by atoms with Crippen LogP contribution in [0.1, 0.15) is 42.2 Å². The lowest BCUT2D eigenvalue weighted by Gasteiger charge is -2.14. The van der Waals surface area contributed by atoms with Crippen LogP contribution in [-0.2, 0) is 17.6 Å². The van der Waals surface area contributed by atoms with Gasteiger partial charge in [0.2, 0.25) is 5.91 Å². The summed E-state index contributed by atoms with van der Waals surface area (Å²) in [6.07, 6.45) is 5.17. The summed E-state index contributed by atoms with van der Waals surface area (Å²) < 4.78 is 0. The molecule has 0 aliphatic heterocycles. The fourth-order valence-corrected chi connectivity index (χ4v) is 4.44. The van der Waals surface area contributed by atoms with Crippen LogP contribution in [0.5, 0.6) is 0 Å². The van der Waals surface area contributed by atoms with Gasteiger partial charge in [-0.25, -0.2) is 0 Å². The maximum atomic E-state index is 12.6. The molecule has 2 N–H and O–H groups in total. The summed E-state index contributed by atoms with van der Waals surface area (Å²) in [5, 5.41) is 26.9. The molecule has 1 atom stereocenters. The number of hydrogen-bond acceptors (Lipinski definition) is 6. The maximum absolute atomic E-state index is 12.6. The minimum Gasteiger partial charge on any atom is -0.374 e. The second kappa shape index (κ2) is 8.18. The fourth-order valence-electron chi connectivity index (χ4n) is 3.19. The number of nitro groups is 1. The number of carbonyl (C=O) groups is 1. The number of nitrogens with one attached hydrogen (secondary N) is 2. The zero-order valence-corrected chi connectivity index (χ0v) is 15.8. The van der Waals surface area contributed by atoms with Crippen LogP contribution in [0.4, 0.5) is 16.4 Å². The molecular formula is C19H20N4O3S. The summed E-state index contributed by atoms with van der Waals surface area (Å²) in [7, 11) is 0. The van der Waals surface area contributed by atoms with Crippen molar-refractivity contribution in [1.29, 1.82) is 5.26 Å². The summed E-state index contributed by atoms with van der Waals surface area (Å²) in [5.74, 6) is -0.283. The quantitative estimate of drug-likeness (QED) is 0.455. The minimum atomic E-state index is -0.611. The van der Waals surface area contributed by atoms with Gasteiger partial charge in [-0.15, -0.1) is 11.3 Å². The Morgan fingerprint density at radius 3 is 2.85 bits per heavy atom. The van der Waals surface area contributed by atoms with Crippen LogP contribution in [0.25, 0.3) is 0 Å². The highest BCUT2D eigenvalue weighted by Crippen LogP contribution is 2.37. The van der Waals surface area contributed by atoms with E-state index in [2.05, 4.69) is 16.7 Å². The fraction of sp³-hybridized carbons (Fsp3) is 0.368. The number of non-ortho nitro benzene ring substituents is 1. The number of nitriles is 1. The van der Waals surface area contributed by atoms with Gasteiger partial charge in [-0.3, -0.25) is 14.9 Å². The Kier molecular flexibility index (Phi) is 5.72. The molecule has 3 rings (SSSR count). The second-order valence-corrected chi connectivity index (χ2v) is 7.65. The van der Waals surface area contributed by atoms with E-state index < -0.39 is 11.0 Å². The van der Waals surface area contributed by atoms with Crippen molar-refractivity contribution in [2.75, 3.05) is 10.6 Å². The average molecular weight is 384 g/mol. The van der Waals surface area contributed by atoms with Crippen molar-refractivity contribution in [2.45, 2.75) is 45.1 Å². The minimum absolute atomic E-state index is 0.0404. The molecular weight excluding hydrogens is 364 g/mol. The Balaban J connectivity index is 1.73. The molecule has 0 saturated carbocycles. The number of benzene rings is 1. The van der Waals surface area contributed by atoms with Crippen molar-refractivity contribution in [3.05, 3.63) is 50.4 Å². The van der Waals surface area contributed by atoms with Crippen molar-refractivity contribution in [3.63, 3.8) is 0 Å². The largest absolute Gasteiger partial charge is 0.374 e. The molecule has 1 amide bonds. The third-order valence-electron chi connectivity index (χ3n) is 4.60. The lowest BCUT2D eigenvalue weighted by atomic mass is 10.1. The van der Waals surface area contributed by atoms with Crippen LogP contribution in [0, 0.1) is 21.4 Å². The maximum Gasteiger partial charge on any atom is 0.271 e. The molecule has 0 unspecified atom stereocenters. The molecule has 1 aliphatic carbocycles. The molecule has 7 nitrogen and oxygen atoms in total. The third-order valence-corrected chi connectivity index (χ3v) is 5.81. The highest BCUT2D eigenvalue weighted by Gasteiger charge is 2.22. The van der Waals surface area contributed by atoms with Gasteiger partial charge in [-0.2, -0.15) is 5.26 Å². The zero-order valence-electron chi connectivity index (χ0n) is 14.9. The van der Waals surface area contributed by atoms with E-state index in [0.29, 0.717) is 16.3 Å². The summed E-state index contributed by atoms with van der Waals surface area (Å²) in [6, 6.07) is 7.65. The van der Waals surface area contributed by atoms with E-state index in [0.717, 1.165) is 37.7 Å². The number of fused-ring (bicyclic) bond motifs is 1. The van der Waals surface area contributed by atoms with Gasteiger partial charge in [0.1, 0.15) is 17.1 Å². The lowest BCUT2D eigenvalue weighted by Crippen LogP contribution is -2.31. The van der Waals surface area contributed by atoms with Crippen LogP contribution in [-0.4, -0.2) is 16.9 Å². The molecule has 0 fully saturated rings. The van der Waals surface area contributed by atoms with Crippen molar-refractivity contribution < 1.29 is 9.72 Å². The number of rotatable bonds is 5. The number of carbonyl (C=O) groups excluding carboxylic acids is 1. The summed E-state index contributed by atoms with van der Waals surface area (Å²) in [5.41, 5.74) is 2.11. The SMILES string of the molecule is C[C@@H](Nc1cccc([N+](=O)[O-])c1)C(=O)Nc1sc2c(c1C#N)CCCCC2. The molecule has 0 spiro atoms. The molecule has 27 heavy (non-hydrogen) atoms. The van der Waals surface area contributed by atoms with Crippen molar-refractivity contribution in [1.82, 2.24) is 0 Å². The first-order valence-corrected chi connectivity index (χ1v) is 9.67. The number of thiophene rings is 1. The van der Waals surface area contributed by atoms with E-state index in [1.165, 1.54) is 28.3 Å². The van der Waals surface area contributed by atoms with Gasteiger partial charge in [0.25, 0.3) is 5.69 Å². The number of aryl methyl sites for hydroxylation is 1. The Hall–Kier alpha value is -2.92. The Labute approximate surface area is 161 Å². The Bertz CT molecular complexity index is 916. The second-order valence-electron chi connectivity index (χ2n) is 6.54. The van der Waals surface area contributed by atoms with Gasteiger partial charge in [0.05, 0.1) is 10.5 Å². The standard InChI is InChI=1S/C19H20N4O3S/c1-12(21-13-6-5-7-14(10-13)23(25)26)18(24)22-19-16(11-20)15-8-3-2-4-9-17(15)27-19/h5-7,10,12,21H,2-4,8-9H2,1H3,(H,22,24)/t12-/m1/s1. The zero-order chi connectivity index (χ0) is 19.4. The van der Waals surface area contributed by atoms with E-state index in [-0.39, 0.29) is 11.6 Å². The predicted molar refractivity (Wildman–Crippen MR) is 105 cm³/mol. The Morgan fingerprint density at radius 1 is 1.33 bits per heavy atom.